The summed E-state index contributed by atoms with van der Waals surface area (Å²) in [7, 11) is 0. The molecular formula is C15H13F2NO2. The van der Waals surface area contributed by atoms with Crippen LogP contribution in [-0.4, -0.2) is 11.1 Å². The number of aryl methyl sites for hydroxylation is 1. The van der Waals surface area contributed by atoms with Gasteiger partial charge in [-0.1, -0.05) is 36.4 Å². The molecule has 0 amide bonds. The molecule has 1 unspecified atom stereocenters. The molecule has 3 nitrogen and oxygen atoms in total. The maximum atomic E-state index is 13.9. The zero-order chi connectivity index (χ0) is 14.7. The van der Waals surface area contributed by atoms with Crippen LogP contribution in [0.1, 0.15) is 17.2 Å². The van der Waals surface area contributed by atoms with Crippen molar-refractivity contribution in [2.45, 2.75) is 13.0 Å². The largest absolute Gasteiger partial charge is 0.479 e. The summed E-state index contributed by atoms with van der Waals surface area (Å²) in [5, 5.41) is 11.7. The molecule has 0 saturated heterocycles. The Labute approximate surface area is 114 Å². The van der Waals surface area contributed by atoms with Crippen LogP contribution in [-0.2, 0) is 4.79 Å². The zero-order valence-electron chi connectivity index (χ0n) is 10.7. The van der Waals surface area contributed by atoms with Crippen LogP contribution >= 0.6 is 0 Å². The maximum Gasteiger partial charge on any atom is 0.330 e. The first-order valence-electron chi connectivity index (χ1n) is 5.99. The summed E-state index contributed by atoms with van der Waals surface area (Å²) in [6.45, 7) is 1.48. The van der Waals surface area contributed by atoms with E-state index in [4.69, 9.17) is 0 Å². The second kappa shape index (κ2) is 5.69. The van der Waals surface area contributed by atoms with Crippen molar-refractivity contribution in [1.29, 1.82) is 0 Å². The molecule has 1 atom stereocenters. The Balaban J connectivity index is 2.40. The standard InChI is InChI=1S/C15H13F2NO2/c1-9-7-8-11(16)14(12(9)17)18-13(15(19)20)10-5-3-2-4-6-10/h2-8,13,18H,1H3,(H,19,20). The second-order valence-electron chi connectivity index (χ2n) is 4.38. The van der Waals surface area contributed by atoms with Gasteiger partial charge in [-0.3, -0.25) is 0 Å². The summed E-state index contributed by atoms with van der Waals surface area (Å²) in [5.41, 5.74) is 0.229. The number of carboxylic acids is 1. The quantitative estimate of drug-likeness (QED) is 0.899. The third-order valence-corrected chi connectivity index (χ3v) is 2.95. The van der Waals surface area contributed by atoms with Crippen LogP contribution in [0.3, 0.4) is 0 Å². The fourth-order valence-electron chi connectivity index (χ4n) is 1.87. The Hall–Kier alpha value is -2.43. The van der Waals surface area contributed by atoms with E-state index in [1.807, 2.05) is 0 Å². The predicted molar refractivity (Wildman–Crippen MR) is 71.5 cm³/mol. The molecular weight excluding hydrogens is 264 g/mol. The molecule has 104 valence electrons. The number of halogens is 2. The minimum Gasteiger partial charge on any atom is -0.479 e. The SMILES string of the molecule is Cc1ccc(F)c(NC(C(=O)O)c2ccccc2)c1F. The van der Waals surface area contributed by atoms with E-state index >= 15 is 0 Å². The number of benzene rings is 2. The normalized spacial score (nSPS) is 11.9. The van der Waals surface area contributed by atoms with Crippen molar-refractivity contribution in [1.82, 2.24) is 0 Å². The molecule has 0 aromatic heterocycles. The Bertz CT molecular complexity index is 629. The highest BCUT2D eigenvalue weighted by molar-refractivity contribution is 5.79. The molecule has 0 bridgehead atoms. The van der Waals surface area contributed by atoms with Crippen LogP contribution in [0, 0.1) is 18.6 Å². The number of rotatable bonds is 4. The molecule has 2 rings (SSSR count). The Morgan fingerprint density at radius 2 is 1.80 bits per heavy atom. The van der Waals surface area contributed by atoms with Gasteiger partial charge in [-0.15, -0.1) is 0 Å². The Morgan fingerprint density at radius 3 is 2.40 bits per heavy atom. The first kappa shape index (κ1) is 14.0. The highest BCUT2D eigenvalue weighted by Gasteiger charge is 2.23. The highest BCUT2D eigenvalue weighted by Crippen LogP contribution is 2.26. The van der Waals surface area contributed by atoms with Crippen LogP contribution in [0.15, 0.2) is 42.5 Å². The number of hydrogen-bond acceptors (Lipinski definition) is 2. The van der Waals surface area contributed by atoms with Gasteiger partial charge in [0.15, 0.2) is 11.9 Å². The Kier molecular flexibility index (Phi) is 3.98. The van der Waals surface area contributed by atoms with Gasteiger partial charge >= 0.3 is 5.97 Å². The lowest BCUT2D eigenvalue weighted by molar-refractivity contribution is -0.138. The summed E-state index contributed by atoms with van der Waals surface area (Å²) >= 11 is 0. The van der Waals surface area contributed by atoms with E-state index in [9.17, 15) is 18.7 Å². The smallest absolute Gasteiger partial charge is 0.330 e. The third kappa shape index (κ3) is 2.77. The van der Waals surface area contributed by atoms with E-state index in [2.05, 4.69) is 5.32 Å². The summed E-state index contributed by atoms with van der Waals surface area (Å²) < 4.78 is 27.6. The summed E-state index contributed by atoms with van der Waals surface area (Å²) in [4.78, 5) is 11.3. The monoisotopic (exact) mass is 277 g/mol. The van der Waals surface area contributed by atoms with Crippen molar-refractivity contribution in [3.8, 4) is 0 Å². The zero-order valence-corrected chi connectivity index (χ0v) is 10.7. The number of carboxylic acid groups (broad SMARTS) is 1. The molecule has 0 heterocycles. The van der Waals surface area contributed by atoms with E-state index in [0.29, 0.717) is 5.56 Å². The first-order chi connectivity index (χ1) is 9.50. The van der Waals surface area contributed by atoms with Crippen LogP contribution in [0.25, 0.3) is 0 Å². The van der Waals surface area contributed by atoms with E-state index in [1.165, 1.54) is 13.0 Å². The predicted octanol–water partition coefficient (Wildman–Crippen LogP) is 3.51. The summed E-state index contributed by atoms with van der Waals surface area (Å²) in [6, 6.07) is 9.40. The first-order valence-corrected chi connectivity index (χ1v) is 5.99. The molecule has 2 aromatic rings. The number of hydrogen-bond donors (Lipinski definition) is 2. The molecule has 0 spiro atoms. The summed E-state index contributed by atoms with van der Waals surface area (Å²) in [5.74, 6) is -2.82. The van der Waals surface area contributed by atoms with Crippen LogP contribution < -0.4 is 5.32 Å². The number of anilines is 1. The molecule has 20 heavy (non-hydrogen) atoms. The van der Waals surface area contributed by atoms with Crippen molar-refractivity contribution in [2.75, 3.05) is 5.32 Å². The van der Waals surface area contributed by atoms with Crippen molar-refractivity contribution >= 4 is 11.7 Å². The molecule has 2 N–H and O–H groups in total. The fourth-order valence-corrected chi connectivity index (χ4v) is 1.87. The maximum absolute atomic E-state index is 13.9. The van der Waals surface area contributed by atoms with Crippen molar-refractivity contribution in [2.24, 2.45) is 0 Å². The molecule has 0 saturated carbocycles. The molecule has 2 aromatic carbocycles. The van der Waals surface area contributed by atoms with Gasteiger partial charge in [-0.05, 0) is 24.1 Å². The lowest BCUT2D eigenvalue weighted by atomic mass is 10.1. The van der Waals surface area contributed by atoms with Crippen LogP contribution in [0.2, 0.25) is 0 Å². The minimum atomic E-state index is -1.22. The average molecular weight is 277 g/mol. The van der Waals surface area contributed by atoms with Gasteiger partial charge in [0.25, 0.3) is 0 Å². The molecule has 0 radical (unpaired) electrons. The molecule has 5 heteroatoms. The topological polar surface area (TPSA) is 49.3 Å². The molecule has 0 aliphatic rings. The van der Waals surface area contributed by atoms with Crippen LogP contribution in [0.5, 0.6) is 0 Å². The van der Waals surface area contributed by atoms with Crippen molar-refractivity contribution in [3.63, 3.8) is 0 Å². The number of carbonyl (C=O) groups is 1. The van der Waals surface area contributed by atoms with Gasteiger partial charge in [0.2, 0.25) is 0 Å². The van der Waals surface area contributed by atoms with Gasteiger partial charge < -0.3 is 10.4 Å². The number of aliphatic carboxylic acids is 1. The van der Waals surface area contributed by atoms with E-state index < -0.39 is 29.3 Å². The van der Waals surface area contributed by atoms with Crippen molar-refractivity contribution in [3.05, 3.63) is 65.2 Å². The Morgan fingerprint density at radius 1 is 1.15 bits per heavy atom. The lowest BCUT2D eigenvalue weighted by Gasteiger charge is -2.17. The van der Waals surface area contributed by atoms with Gasteiger partial charge in [0.05, 0.1) is 0 Å². The van der Waals surface area contributed by atoms with E-state index in [-0.39, 0.29) is 5.56 Å². The van der Waals surface area contributed by atoms with Crippen LogP contribution in [0.4, 0.5) is 14.5 Å². The van der Waals surface area contributed by atoms with Gasteiger partial charge in [0, 0.05) is 0 Å². The molecule has 0 fully saturated rings. The molecule has 0 aliphatic heterocycles. The van der Waals surface area contributed by atoms with E-state index in [1.54, 1.807) is 30.3 Å². The summed E-state index contributed by atoms with van der Waals surface area (Å²) in [6.07, 6.45) is 0. The van der Waals surface area contributed by atoms with Crippen molar-refractivity contribution < 1.29 is 18.7 Å². The fraction of sp³-hybridized carbons (Fsp3) is 0.133. The number of nitrogens with one attached hydrogen (secondary N) is 1. The third-order valence-electron chi connectivity index (χ3n) is 2.95. The molecule has 0 aliphatic carbocycles. The highest BCUT2D eigenvalue weighted by atomic mass is 19.1. The van der Waals surface area contributed by atoms with Gasteiger partial charge in [0.1, 0.15) is 11.5 Å². The van der Waals surface area contributed by atoms with Gasteiger partial charge in [-0.25, -0.2) is 13.6 Å². The average Bonchev–Trinajstić information content (AvgIpc) is 2.44. The van der Waals surface area contributed by atoms with E-state index in [0.717, 1.165) is 6.07 Å². The second-order valence-corrected chi connectivity index (χ2v) is 4.38. The minimum absolute atomic E-state index is 0.242. The van der Waals surface area contributed by atoms with Gasteiger partial charge in [-0.2, -0.15) is 0 Å². The lowest BCUT2D eigenvalue weighted by Crippen LogP contribution is -2.21.